The molecule has 0 unspecified atom stereocenters. The van der Waals surface area contributed by atoms with Crippen LogP contribution < -0.4 is 22.3 Å². The highest BCUT2D eigenvalue weighted by atomic mass is 35.5. The summed E-state index contributed by atoms with van der Waals surface area (Å²) in [5.74, 6) is 5.88. The Morgan fingerprint density at radius 1 is 1.03 bits per heavy atom. The highest BCUT2D eigenvalue weighted by molar-refractivity contribution is 6.39. The molecule has 2 heterocycles. The summed E-state index contributed by atoms with van der Waals surface area (Å²) in [6, 6.07) is 12.4. The Kier molecular flexibility index (Phi) is 5.95. The minimum Gasteiger partial charge on any atom is -0.396 e. The quantitative estimate of drug-likeness (QED) is 0.222. The largest absolute Gasteiger partial charge is 0.396 e. The van der Waals surface area contributed by atoms with Crippen molar-refractivity contribution in [2.75, 3.05) is 10.7 Å². The Morgan fingerprint density at radius 3 is 2.34 bits per heavy atom. The van der Waals surface area contributed by atoms with Gasteiger partial charge in [0.2, 0.25) is 5.82 Å². The van der Waals surface area contributed by atoms with Gasteiger partial charge in [-0.05, 0) is 36.4 Å². The van der Waals surface area contributed by atoms with Crippen LogP contribution in [-0.2, 0) is 0 Å². The van der Waals surface area contributed by atoms with Crippen molar-refractivity contribution in [3.8, 4) is 11.4 Å². The van der Waals surface area contributed by atoms with Crippen LogP contribution in [-0.4, -0.2) is 15.1 Å². The second-order valence-electron chi connectivity index (χ2n) is 6.60. The lowest BCUT2D eigenvalue weighted by Gasteiger charge is -2.23. The highest BCUT2D eigenvalue weighted by Gasteiger charge is 2.22. The molecule has 2 aromatic heterocycles. The summed E-state index contributed by atoms with van der Waals surface area (Å²) < 4.78 is 19.8. The molecule has 0 saturated heterocycles. The highest BCUT2D eigenvalue weighted by Crippen LogP contribution is 2.34. The van der Waals surface area contributed by atoms with Crippen LogP contribution in [0.3, 0.4) is 0 Å². The Balaban J connectivity index is 1.83. The van der Waals surface area contributed by atoms with Crippen molar-refractivity contribution < 1.29 is 8.91 Å². The summed E-state index contributed by atoms with van der Waals surface area (Å²) >= 11 is 12.2. The molecular formula is C21H16Cl2FN7O. The van der Waals surface area contributed by atoms with Crippen LogP contribution in [0, 0.1) is 5.82 Å². The van der Waals surface area contributed by atoms with Gasteiger partial charge in [-0.1, -0.05) is 40.5 Å². The van der Waals surface area contributed by atoms with E-state index in [1.807, 2.05) is 0 Å². The van der Waals surface area contributed by atoms with E-state index in [1.165, 1.54) is 12.1 Å². The first kappa shape index (κ1) is 21.6. The molecule has 11 heteroatoms. The summed E-state index contributed by atoms with van der Waals surface area (Å²) in [5, 5.41) is 5.54. The first-order valence-corrected chi connectivity index (χ1v) is 9.91. The molecule has 0 spiro atoms. The molecule has 0 saturated carbocycles. The number of nitrogens with two attached hydrogens (primary N) is 3. The van der Waals surface area contributed by atoms with E-state index in [-0.39, 0.29) is 44.5 Å². The van der Waals surface area contributed by atoms with Gasteiger partial charge in [0.05, 0.1) is 27.1 Å². The van der Waals surface area contributed by atoms with Crippen LogP contribution in [0.2, 0.25) is 10.0 Å². The number of para-hydroxylation sites is 1. The number of anilines is 2. The first-order valence-electron chi connectivity index (χ1n) is 9.15. The van der Waals surface area contributed by atoms with Gasteiger partial charge in [0.1, 0.15) is 11.5 Å². The van der Waals surface area contributed by atoms with Gasteiger partial charge < -0.3 is 16.0 Å². The number of rotatable bonds is 5. The minimum absolute atomic E-state index is 0.0216. The van der Waals surface area contributed by atoms with E-state index in [0.29, 0.717) is 11.1 Å². The van der Waals surface area contributed by atoms with E-state index >= 15 is 0 Å². The van der Waals surface area contributed by atoms with Crippen LogP contribution in [0.4, 0.5) is 15.8 Å². The van der Waals surface area contributed by atoms with Gasteiger partial charge in [-0.15, -0.1) is 0 Å². The Hall–Kier alpha value is -3.66. The van der Waals surface area contributed by atoms with Crippen LogP contribution in [0.15, 0.2) is 65.4 Å². The monoisotopic (exact) mass is 471 g/mol. The second kappa shape index (κ2) is 8.83. The van der Waals surface area contributed by atoms with Crippen molar-refractivity contribution in [2.45, 2.75) is 0 Å². The van der Waals surface area contributed by atoms with E-state index in [9.17, 15) is 4.39 Å². The fraction of sp³-hybridized carbons (Fsp3) is 0. The maximum absolute atomic E-state index is 14.4. The third kappa shape index (κ3) is 4.09. The van der Waals surface area contributed by atoms with Crippen molar-refractivity contribution >= 4 is 46.0 Å². The number of hydrazine groups is 1. The van der Waals surface area contributed by atoms with Crippen molar-refractivity contribution in [1.29, 1.82) is 0 Å². The van der Waals surface area contributed by atoms with Gasteiger partial charge in [-0.25, -0.2) is 10.2 Å². The van der Waals surface area contributed by atoms with Crippen molar-refractivity contribution in [2.24, 2.45) is 11.6 Å². The molecular weight excluding hydrogens is 456 g/mol. The fourth-order valence-corrected chi connectivity index (χ4v) is 3.45. The van der Waals surface area contributed by atoms with Crippen molar-refractivity contribution in [1.82, 2.24) is 15.1 Å². The smallest absolute Gasteiger partial charge is 0.276 e. The summed E-state index contributed by atoms with van der Waals surface area (Å²) in [7, 11) is 0. The lowest BCUT2D eigenvalue weighted by atomic mass is 10.1. The topological polar surface area (TPSA) is 133 Å². The predicted octanol–water partition coefficient (Wildman–Crippen LogP) is 4.32. The number of nitrogens with zero attached hydrogens (tertiary/aromatic N) is 4. The SMILES string of the molecule is N/C(=C(/c1ccncc1)N(N)c1ccccc1F)c1nc(-c2cc(Cl)c(N)c(Cl)c2)no1. The van der Waals surface area contributed by atoms with Crippen molar-refractivity contribution in [3.05, 3.63) is 88.2 Å². The van der Waals surface area contributed by atoms with Gasteiger partial charge in [-0.2, -0.15) is 4.98 Å². The van der Waals surface area contributed by atoms with E-state index in [0.717, 1.165) is 5.01 Å². The molecule has 6 N–H and O–H groups in total. The summed E-state index contributed by atoms with van der Waals surface area (Å²) in [4.78, 5) is 8.32. The average Bonchev–Trinajstić information content (AvgIpc) is 3.28. The molecule has 0 bridgehead atoms. The summed E-state index contributed by atoms with van der Waals surface area (Å²) in [5.41, 5.74) is 13.8. The third-order valence-corrected chi connectivity index (χ3v) is 5.18. The molecule has 0 radical (unpaired) electrons. The van der Waals surface area contributed by atoms with Crippen LogP contribution in [0.5, 0.6) is 0 Å². The molecule has 2 aromatic carbocycles. The van der Waals surface area contributed by atoms with E-state index < -0.39 is 5.82 Å². The fourth-order valence-electron chi connectivity index (χ4n) is 2.97. The van der Waals surface area contributed by atoms with Crippen LogP contribution in [0.25, 0.3) is 22.8 Å². The maximum Gasteiger partial charge on any atom is 0.276 e. The maximum atomic E-state index is 14.4. The number of pyridine rings is 1. The number of benzene rings is 2. The standard InChI is InChI=1S/C21H16Cl2FN7O/c22-13-9-12(10-14(23)17(13)25)20-29-21(32-30-20)18(26)19(11-5-7-28-8-6-11)31(27)16-4-2-1-3-15(16)24/h1-10H,25-27H2/b19-18-. The third-order valence-electron chi connectivity index (χ3n) is 4.56. The second-order valence-corrected chi connectivity index (χ2v) is 7.41. The zero-order chi connectivity index (χ0) is 22.8. The minimum atomic E-state index is -0.535. The molecule has 0 fully saturated rings. The van der Waals surface area contributed by atoms with Gasteiger partial charge in [0, 0.05) is 23.5 Å². The van der Waals surface area contributed by atoms with Crippen LogP contribution in [0.1, 0.15) is 11.5 Å². The molecule has 0 aliphatic rings. The number of aromatic nitrogens is 3. The molecule has 0 atom stereocenters. The molecule has 0 aliphatic carbocycles. The lowest BCUT2D eigenvalue weighted by molar-refractivity contribution is 0.408. The molecule has 32 heavy (non-hydrogen) atoms. The molecule has 0 amide bonds. The van der Waals surface area contributed by atoms with Gasteiger partial charge >= 0.3 is 0 Å². The molecule has 162 valence electrons. The average molecular weight is 472 g/mol. The normalized spacial score (nSPS) is 11.9. The van der Waals surface area contributed by atoms with Gasteiger partial charge in [0.15, 0.2) is 0 Å². The molecule has 8 nitrogen and oxygen atoms in total. The van der Waals surface area contributed by atoms with E-state index in [4.69, 9.17) is 45.0 Å². The Labute approximate surface area is 192 Å². The van der Waals surface area contributed by atoms with Gasteiger partial charge in [-0.3, -0.25) is 9.99 Å². The molecule has 0 aliphatic heterocycles. The predicted molar refractivity (Wildman–Crippen MR) is 122 cm³/mol. The van der Waals surface area contributed by atoms with Crippen LogP contribution >= 0.6 is 23.2 Å². The number of nitrogen functional groups attached to an aromatic ring is 1. The zero-order valence-corrected chi connectivity index (χ0v) is 17.8. The summed E-state index contributed by atoms with van der Waals surface area (Å²) in [6.45, 7) is 0. The summed E-state index contributed by atoms with van der Waals surface area (Å²) in [6.07, 6.45) is 3.10. The Morgan fingerprint density at radius 2 is 1.69 bits per heavy atom. The van der Waals surface area contributed by atoms with Crippen molar-refractivity contribution in [3.63, 3.8) is 0 Å². The number of hydrogen-bond acceptors (Lipinski definition) is 8. The number of halogens is 3. The molecule has 4 aromatic rings. The first-order chi connectivity index (χ1) is 15.4. The number of hydrogen-bond donors (Lipinski definition) is 3. The lowest BCUT2D eigenvalue weighted by Crippen LogP contribution is -2.32. The zero-order valence-electron chi connectivity index (χ0n) is 16.3. The van der Waals surface area contributed by atoms with E-state index in [1.54, 1.807) is 48.8 Å². The Bertz CT molecular complexity index is 1290. The molecule has 4 rings (SSSR count). The van der Waals surface area contributed by atoms with Gasteiger partial charge in [0.25, 0.3) is 5.89 Å². The van der Waals surface area contributed by atoms with E-state index in [2.05, 4.69) is 15.1 Å².